The molecule has 0 aliphatic rings. The van der Waals surface area contributed by atoms with Gasteiger partial charge in [0.1, 0.15) is 10.0 Å². The fraction of sp³-hybridized carbons (Fsp3) is 0.308. The Bertz CT molecular complexity index is 950. The molecule has 1 N–H and O–H groups in total. The largest absolute Gasteiger partial charge is 0.418 e. The molecule has 0 fully saturated rings. The summed E-state index contributed by atoms with van der Waals surface area (Å²) in [6, 6.07) is 0.559. The molecule has 2 aromatic rings. The second-order valence-corrected chi connectivity index (χ2v) is 7.17. The van der Waals surface area contributed by atoms with Crippen LogP contribution in [0, 0.1) is 6.92 Å². The number of benzene rings is 1. The van der Waals surface area contributed by atoms with E-state index in [0.29, 0.717) is 12.1 Å². The van der Waals surface area contributed by atoms with E-state index in [0.717, 1.165) is 4.68 Å². The van der Waals surface area contributed by atoms with E-state index in [1.54, 1.807) is 4.72 Å². The van der Waals surface area contributed by atoms with Gasteiger partial charge in [-0.2, -0.15) is 31.4 Å². The molecule has 26 heavy (non-hydrogen) atoms. The van der Waals surface area contributed by atoms with Crippen molar-refractivity contribution in [3.8, 4) is 0 Å². The molecule has 2 rings (SSSR count). The van der Waals surface area contributed by atoms with Gasteiger partial charge in [0.05, 0.1) is 22.5 Å². The number of aryl methyl sites for hydroxylation is 2. The van der Waals surface area contributed by atoms with Crippen LogP contribution in [-0.2, 0) is 29.4 Å². The highest BCUT2D eigenvalue weighted by molar-refractivity contribution is 7.92. The summed E-state index contributed by atoms with van der Waals surface area (Å²) < 4.78 is 105. The lowest BCUT2D eigenvalue weighted by Crippen LogP contribution is -2.19. The summed E-state index contributed by atoms with van der Waals surface area (Å²) in [7, 11) is -3.32. The first-order valence-electron chi connectivity index (χ1n) is 6.65. The van der Waals surface area contributed by atoms with Crippen molar-refractivity contribution in [1.82, 2.24) is 9.78 Å². The van der Waals surface area contributed by atoms with Gasteiger partial charge in [-0.15, -0.1) is 0 Å². The highest BCUT2D eigenvalue weighted by Gasteiger charge is 2.39. The highest BCUT2D eigenvalue weighted by atomic mass is 35.5. The summed E-state index contributed by atoms with van der Waals surface area (Å²) in [6.45, 7) is 1.26. The normalized spacial score (nSPS) is 13.1. The number of hydrogen-bond donors (Lipinski definition) is 1. The van der Waals surface area contributed by atoms with Crippen LogP contribution in [0.4, 0.5) is 32.0 Å². The van der Waals surface area contributed by atoms with Crippen molar-refractivity contribution in [3.05, 3.63) is 40.2 Å². The van der Waals surface area contributed by atoms with Crippen molar-refractivity contribution in [2.75, 3.05) is 4.72 Å². The van der Waals surface area contributed by atoms with E-state index in [1.807, 2.05) is 0 Å². The van der Waals surface area contributed by atoms with Gasteiger partial charge in [0.25, 0.3) is 10.0 Å². The molecular weight excluding hydrogens is 412 g/mol. The summed E-state index contributed by atoms with van der Waals surface area (Å²) >= 11 is 5.79. The minimum Gasteiger partial charge on any atom is -0.279 e. The Morgan fingerprint density at radius 1 is 1.12 bits per heavy atom. The molecule has 0 aliphatic carbocycles. The fourth-order valence-electron chi connectivity index (χ4n) is 2.16. The third-order valence-electron chi connectivity index (χ3n) is 3.27. The maximum Gasteiger partial charge on any atom is 0.418 e. The monoisotopic (exact) mass is 421 g/mol. The molecule has 144 valence electrons. The maximum absolute atomic E-state index is 13.1. The molecule has 1 heterocycles. The van der Waals surface area contributed by atoms with Crippen LogP contribution in [0.15, 0.2) is 23.1 Å². The number of alkyl halides is 6. The van der Waals surface area contributed by atoms with Gasteiger partial charge in [-0.05, 0) is 25.1 Å². The Hall–Kier alpha value is -1.95. The molecule has 1 aromatic heterocycles. The Morgan fingerprint density at radius 2 is 1.69 bits per heavy atom. The summed E-state index contributed by atoms with van der Waals surface area (Å²) in [5.41, 5.74) is -4.51. The second-order valence-electron chi connectivity index (χ2n) is 5.19. The zero-order chi connectivity index (χ0) is 20.1. The predicted octanol–water partition coefficient (Wildman–Crippen LogP) is 4.22. The van der Waals surface area contributed by atoms with E-state index in [1.165, 1.54) is 14.0 Å². The van der Waals surface area contributed by atoms with Crippen molar-refractivity contribution in [3.63, 3.8) is 0 Å². The van der Waals surface area contributed by atoms with Crippen molar-refractivity contribution in [2.45, 2.75) is 24.2 Å². The van der Waals surface area contributed by atoms with E-state index in [-0.39, 0.29) is 16.9 Å². The highest BCUT2D eigenvalue weighted by Crippen LogP contribution is 2.40. The minimum absolute atomic E-state index is 0.0922. The molecule has 0 spiro atoms. The number of nitrogens with zero attached hydrogens (tertiary/aromatic N) is 2. The van der Waals surface area contributed by atoms with Crippen LogP contribution in [0.25, 0.3) is 0 Å². The quantitative estimate of drug-likeness (QED) is 0.755. The standard InChI is InChI=1S/C13H10ClF6N3O2S/c1-6-10(11(14)23(2)21-6)26(24,25)22-9-4-3-7(12(15,16)17)5-8(9)13(18,19)20/h3-5,22H,1-2H3. The van der Waals surface area contributed by atoms with Crippen molar-refractivity contribution in [1.29, 1.82) is 0 Å². The lowest BCUT2D eigenvalue weighted by molar-refractivity contribution is -0.142. The topological polar surface area (TPSA) is 64.0 Å². The number of anilines is 1. The maximum atomic E-state index is 13.1. The van der Waals surface area contributed by atoms with Gasteiger partial charge in [-0.1, -0.05) is 11.6 Å². The first-order valence-corrected chi connectivity index (χ1v) is 8.51. The third kappa shape index (κ3) is 3.90. The Morgan fingerprint density at radius 3 is 2.12 bits per heavy atom. The Balaban J connectivity index is 2.59. The summed E-state index contributed by atoms with van der Waals surface area (Å²) in [5.74, 6) is 0. The number of halogens is 7. The number of hydrogen-bond acceptors (Lipinski definition) is 3. The molecule has 0 radical (unpaired) electrons. The molecule has 0 atom stereocenters. The first-order chi connectivity index (χ1) is 11.6. The van der Waals surface area contributed by atoms with Crippen LogP contribution in [0.3, 0.4) is 0 Å². The zero-order valence-electron chi connectivity index (χ0n) is 13.0. The number of aromatic nitrogens is 2. The average Bonchev–Trinajstić information content (AvgIpc) is 2.70. The van der Waals surface area contributed by atoms with Crippen molar-refractivity contribution < 1.29 is 34.8 Å². The van der Waals surface area contributed by atoms with E-state index in [9.17, 15) is 34.8 Å². The van der Waals surface area contributed by atoms with Gasteiger partial charge in [0.15, 0.2) is 0 Å². The molecular formula is C13H10ClF6N3O2S. The van der Waals surface area contributed by atoms with E-state index in [4.69, 9.17) is 11.6 Å². The molecule has 0 saturated carbocycles. The van der Waals surface area contributed by atoms with Crippen molar-refractivity contribution >= 4 is 27.3 Å². The molecule has 0 bridgehead atoms. The number of rotatable bonds is 3. The van der Waals surface area contributed by atoms with Gasteiger partial charge < -0.3 is 0 Å². The van der Waals surface area contributed by atoms with Gasteiger partial charge >= 0.3 is 12.4 Å². The lowest BCUT2D eigenvalue weighted by Gasteiger charge is -2.17. The summed E-state index contributed by atoms with van der Waals surface area (Å²) in [5, 5.41) is 3.37. The smallest absolute Gasteiger partial charge is 0.279 e. The van der Waals surface area contributed by atoms with E-state index in [2.05, 4.69) is 5.10 Å². The number of nitrogens with one attached hydrogen (secondary N) is 1. The van der Waals surface area contributed by atoms with Crippen molar-refractivity contribution in [2.24, 2.45) is 7.05 Å². The molecule has 0 unspecified atom stereocenters. The van der Waals surface area contributed by atoms with Crippen LogP contribution in [0.5, 0.6) is 0 Å². The molecule has 5 nitrogen and oxygen atoms in total. The lowest BCUT2D eigenvalue weighted by atomic mass is 10.1. The average molecular weight is 422 g/mol. The van der Waals surface area contributed by atoms with Crippen LogP contribution in [0.1, 0.15) is 16.8 Å². The van der Waals surface area contributed by atoms with Crippen LogP contribution in [-0.4, -0.2) is 18.2 Å². The van der Waals surface area contributed by atoms with Gasteiger partial charge in [-0.25, -0.2) is 8.42 Å². The minimum atomic E-state index is -5.23. The second kappa shape index (κ2) is 6.34. The predicted molar refractivity (Wildman–Crippen MR) is 80.2 cm³/mol. The molecule has 0 saturated heterocycles. The SMILES string of the molecule is Cc1nn(C)c(Cl)c1S(=O)(=O)Nc1ccc(C(F)(F)F)cc1C(F)(F)F. The van der Waals surface area contributed by atoms with Crippen LogP contribution < -0.4 is 4.72 Å². The third-order valence-corrected chi connectivity index (χ3v) is 5.33. The first kappa shape index (κ1) is 20.4. The van der Waals surface area contributed by atoms with Gasteiger partial charge in [0.2, 0.25) is 0 Å². The van der Waals surface area contributed by atoms with Crippen LogP contribution >= 0.6 is 11.6 Å². The van der Waals surface area contributed by atoms with Gasteiger partial charge in [-0.3, -0.25) is 9.40 Å². The fourth-order valence-corrected chi connectivity index (χ4v) is 3.99. The molecule has 0 amide bonds. The molecule has 13 heteroatoms. The van der Waals surface area contributed by atoms with E-state index < -0.39 is 44.1 Å². The summed E-state index contributed by atoms with van der Waals surface area (Å²) in [4.78, 5) is -0.574. The molecule has 0 aliphatic heterocycles. The Labute approximate surface area is 148 Å². The Kier molecular flexibility index (Phi) is 4.96. The van der Waals surface area contributed by atoms with Crippen LogP contribution in [0.2, 0.25) is 5.15 Å². The zero-order valence-corrected chi connectivity index (χ0v) is 14.6. The van der Waals surface area contributed by atoms with Gasteiger partial charge in [0, 0.05) is 7.05 Å². The molecule has 1 aromatic carbocycles. The summed E-state index contributed by atoms with van der Waals surface area (Å²) in [6.07, 6.45) is -10.3. The van der Waals surface area contributed by atoms with E-state index >= 15 is 0 Å². The number of sulfonamides is 1.